The van der Waals surface area contributed by atoms with Crippen molar-refractivity contribution in [3.05, 3.63) is 79.4 Å². The van der Waals surface area contributed by atoms with E-state index >= 15 is 0 Å². The zero-order valence-electron chi connectivity index (χ0n) is 17.1. The lowest BCUT2D eigenvalue weighted by molar-refractivity contribution is 0.307. The number of thiophene rings is 1. The molecule has 0 bridgehead atoms. The molecule has 0 atom stereocenters. The van der Waals surface area contributed by atoms with E-state index in [2.05, 4.69) is 20.9 Å². The average molecular weight is 495 g/mol. The van der Waals surface area contributed by atoms with Crippen LogP contribution in [0.15, 0.2) is 57.8 Å². The van der Waals surface area contributed by atoms with Crippen LogP contribution < -0.4 is 10.3 Å². The van der Waals surface area contributed by atoms with E-state index in [1.807, 2.05) is 48.5 Å². The second kappa shape index (κ2) is 8.97. The van der Waals surface area contributed by atoms with Crippen LogP contribution in [-0.4, -0.2) is 9.97 Å². The fourth-order valence-electron chi connectivity index (χ4n) is 4.17. The highest BCUT2D eigenvalue weighted by Crippen LogP contribution is 2.34. The lowest BCUT2D eigenvalue weighted by Gasteiger charge is -2.11. The molecule has 0 spiro atoms. The van der Waals surface area contributed by atoms with Gasteiger partial charge >= 0.3 is 0 Å². The molecule has 6 heteroatoms. The molecule has 0 saturated heterocycles. The third kappa shape index (κ3) is 4.32. The van der Waals surface area contributed by atoms with Crippen molar-refractivity contribution < 1.29 is 4.74 Å². The molecule has 1 N–H and O–H groups in total. The number of aromatic nitrogens is 2. The van der Waals surface area contributed by atoms with Crippen LogP contribution in [0.1, 0.15) is 41.7 Å². The first-order chi connectivity index (χ1) is 15.2. The predicted molar refractivity (Wildman–Crippen MR) is 130 cm³/mol. The second-order valence-corrected chi connectivity index (χ2v) is 9.92. The van der Waals surface area contributed by atoms with Crippen LogP contribution in [0.25, 0.3) is 21.6 Å². The van der Waals surface area contributed by atoms with E-state index in [1.54, 1.807) is 11.3 Å². The first kappa shape index (κ1) is 20.5. The summed E-state index contributed by atoms with van der Waals surface area (Å²) in [6, 6.07) is 15.8. The van der Waals surface area contributed by atoms with E-state index in [-0.39, 0.29) is 5.56 Å². The largest absolute Gasteiger partial charge is 0.488 e. The molecular weight excluding hydrogens is 472 g/mol. The zero-order valence-corrected chi connectivity index (χ0v) is 19.5. The van der Waals surface area contributed by atoms with Crippen LogP contribution in [0.3, 0.4) is 0 Å². The molecule has 2 aromatic carbocycles. The number of benzene rings is 2. The van der Waals surface area contributed by atoms with E-state index in [9.17, 15) is 4.79 Å². The van der Waals surface area contributed by atoms with Gasteiger partial charge < -0.3 is 9.72 Å². The summed E-state index contributed by atoms with van der Waals surface area (Å²) in [5.74, 6) is 1.28. The molecule has 4 nitrogen and oxygen atoms in total. The Kier molecular flexibility index (Phi) is 5.92. The van der Waals surface area contributed by atoms with Gasteiger partial charge in [0.1, 0.15) is 23.0 Å². The highest BCUT2D eigenvalue weighted by Gasteiger charge is 2.19. The summed E-state index contributed by atoms with van der Waals surface area (Å²) < 4.78 is 7.15. The van der Waals surface area contributed by atoms with Gasteiger partial charge in [-0.3, -0.25) is 4.79 Å². The fourth-order valence-corrected chi connectivity index (χ4v) is 5.70. The highest BCUT2D eigenvalue weighted by atomic mass is 79.9. The lowest BCUT2D eigenvalue weighted by atomic mass is 9.98. The van der Waals surface area contributed by atoms with E-state index in [0.717, 1.165) is 45.1 Å². The third-order valence-corrected chi connectivity index (χ3v) is 7.49. The molecule has 2 aromatic heterocycles. The van der Waals surface area contributed by atoms with Gasteiger partial charge in [0.2, 0.25) is 0 Å². The van der Waals surface area contributed by atoms with E-state index in [4.69, 9.17) is 9.72 Å². The van der Waals surface area contributed by atoms with Crippen molar-refractivity contribution in [2.45, 2.75) is 45.1 Å². The SMILES string of the molecule is O=c1[nH]c(-c2ccccc2OCc2ccc(Br)cc2)nc2sc3c(c12)CCCCCC3. The Morgan fingerprint density at radius 1 is 1.00 bits per heavy atom. The van der Waals surface area contributed by atoms with E-state index < -0.39 is 0 Å². The first-order valence-corrected chi connectivity index (χ1v) is 12.3. The summed E-state index contributed by atoms with van der Waals surface area (Å²) in [4.78, 5) is 23.2. The number of aryl methyl sites for hydroxylation is 2. The van der Waals surface area contributed by atoms with Gasteiger partial charge in [0.05, 0.1) is 10.9 Å². The predicted octanol–water partition coefficient (Wildman–Crippen LogP) is 6.65. The van der Waals surface area contributed by atoms with Gasteiger partial charge in [0.25, 0.3) is 5.56 Å². The number of halogens is 1. The smallest absolute Gasteiger partial charge is 0.260 e. The van der Waals surface area contributed by atoms with Crippen molar-refractivity contribution in [2.75, 3.05) is 0 Å². The van der Waals surface area contributed by atoms with Crippen molar-refractivity contribution in [3.63, 3.8) is 0 Å². The summed E-state index contributed by atoms with van der Waals surface area (Å²) in [6.07, 6.45) is 6.88. The van der Waals surface area contributed by atoms with E-state index in [0.29, 0.717) is 18.2 Å². The minimum atomic E-state index is -0.0409. The van der Waals surface area contributed by atoms with Gasteiger partial charge in [-0.2, -0.15) is 0 Å². The molecule has 0 fully saturated rings. The molecule has 0 radical (unpaired) electrons. The lowest BCUT2D eigenvalue weighted by Crippen LogP contribution is -2.11. The summed E-state index contributed by atoms with van der Waals surface area (Å²) in [5, 5.41) is 0.791. The number of hydrogen-bond donors (Lipinski definition) is 1. The van der Waals surface area contributed by atoms with Gasteiger partial charge in [-0.05, 0) is 61.1 Å². The molecule has 158 valence electrons. The molecular formula is C25H23BrN2O2S. The number of hydrogen-bond acceptors (Lipinski definition) is 4. The zero-order chi connectivity index (χ0) is 21.2. The Hall–Kier alpha value is -2.44. The number of para-hydroxylation sites is 1. The first-order valence-electron chi connectivity index (χ1n) is 10.7. The van der Waals surface area contributed by atoms with Crippen molar-refractivity contribution in [1.82, 2.24) is 9.97 Å². The Balaban J connectivity index is 1.51. The standard InChI is InChI=1S/C25H23BrN2O2S/c26-17-13-11-16(12-14-17)15-30-20-9-6-5-7-18(20)23-27-24(29)22-19-8-3-1-2-4-10-21(19)31-25(22)28-23/h5-7,9,11-14H,1-4,8,10,15H2,(H,27,28,29). The number of nitrogens with zero attached hydrogens (tertiary/aromatic N) is 1. The number of fused-ring (bicyclic) bond motifs is 3. The summed E-state index contributed by atoms with van der Waals surface area (Å²) in [7, 11) is 0. The maximum atomic E-state index is 13.1. The molecule has 31 heavy (non-hydrogen) atoms. The van der Waals surface area contributed by atoms with Crippen LogP contribution in [0.5, 0.6) is 5.75 Å². The number of rotatable bonds is 4. The highest BCUT2D eigenvalue weighted by molar-refractivity contribution is 9.10. The summed E-state index contributed by atoms with van der Waals surface area (Å²) in [6.45, 7) is 0.448. The number of H-pyrrole nitrogens is 1. The minimum Gasteiger partial charge on any atom is -0.488 e. The Morgan fingerprint density at radius 2 is 1.77 bits per heavy atom. The van der Waals surface area contributed by atoms with Crippen LogP contribution in [0.2, 0.25) is 0 Å². The fraction of sp³-hybridized carbons (Fsp3) is 0.280. The van der Waals surface area contributed by atoms with Crippen LogP contribution >= 0.6 is 27.3 Å². The van der Waals surface area contributed by atoms with Crippen molar-refractivity contribution in [2.24, 2.45) is 0 Å². The second-order valence-electron chi connectivity index (χ2n) is 7.92. The molecule has 5 rings (SSSR count). The van der Waals surface area contributed by atoms with Crippen LogP contribution in [0.4, 0.5) is 0 Å². The van der Waals surface area contributed by atoms with Gasteiger partial charge in [0.15, 0.2) is 0 Å². The molecule has 0 amide bonds. The van der Waals surface area contributed by atoms with Gasteiger partial charge in [-0.1, -0.05) is 53.0 Å². The van der Waals surface area contributed by atoms with Crippen molar-refractivity contribution in [3.8, 4) is 17.1 Å². The molecule has 1 aliphatic rings. The quantitative estimate of drug-likeness (QED) is 0.345. The van der Waals surface area contributed by atoms with Crippen LogP contribution in [-0.2, 0) is 19.4 Å². The maximum Gasteiger partial charge on any atom is 0.260 e. The van der Waals surface area contributed by atoms with Gasteiger partial charge in [0, 0.05) is 9.35 Å². The van der Waals surface area contributed by atoms with Crippen LogP contribution in [0, 0.1) is 0 Å². The molecule has 4 aromatic rings. The molecule has 2 heterocycles. The van der Waals surface area contributed by atoms with Crippen molar-refractivity contribution in [1.29, 1.82) is 0 Å². The Labute approximate surface area is 193 Å². The normalized spacial score (nSPS) is 14.1. The number of ether oxygens (including phenoxy) is 1. The average Bonchev–Trinajstić information content (AvgIpc) is 3.10. The third-order valence-electron chi connectivity index (χ3n) is 5.77. The maximum absolute atomic E-state index is 13.1. The monoisotopic (exact) mass is 494 g/mol. The molecule has 1 aliphatic carbocycles. The Morgan fingerprint density at radius 3 is 2.61 bits per heavy atom. The molecule has 0 saturated carbocycles. The van der Waals surface area contributed by atoms with Crippen molar-refractivity contribution >= 4 is 37.5 Å². The summed E-state index contributed by atoms with van der Waals surface area (Å²) in [5.41, 5.74) is 3.06. The number of aromatic amines is 1. The molecule has 0 aliphatic heterocycles. The minimum absolute atomic E-state index is 0.0409. The topological polar surface area (TPSA) is 55.0 Å². The Bertz CT molecular complexity index is 1280. The van der Waals surface area contributed by atoms with E-state index in [1.165, 1.54) is 29.7 Å². The summed E-state index contributed by atoms with van der Waals surface area (Å²) >= 11 is 5.14. The van der Waals surface area contributed by atoms with Gasteiger partial charge in [-0.25, -0.2) is 4.98 Å². The number of nitrogens with one attached hydrogen (secondary N) is 1. The molecule has 0 unspecified atom stereocenters. The van der Waals surface area contributed by atoms with Gasteiger partial charge in [-0.15, -0.1) is 11.3 Å².